The minimum atomic E-state index is -3.66. The number of nitrogens with one attached hydrogen (secondary N) is 2. The number of rotatable bonds is 6. The summed E-state index contributed by atoms with van der Waals surface area (Å²) in [5.74, 6) is 0. The number of benzene rings is 1. The number of hydrogen-bond donors (Lipinski definition) is 2. The predicted molar refractivity (Wildman–Crippen MR) is 89.0 cm³/mol. The van der Waals surface area contributed by atoms with Crippen molar-refractivity contribution in [1.82, 2.24) is 5.32 Å². The minimum absolute atomic E-state index is 0.242. The average Bonchev–Trinajstić information content (AvgIpc) is 2.90. The van der Waals surface area contributed by atoms with Gasteiger partial charge in [-0.1, -0.05) is 30.1 Å². The molecule has 4 nitrogen and oxygen atoms in total. The summed E-state index contributed by atoms with van der Waals surface area (Å²) in [4.78, 5) is 0.953. The van der Waals surface area contributed by atoms with Gasteiger partial charge in [-0.3, -0.25) is 4.72 Å². The quantitative estimate of drug-likeness (QED) is 0.815. The van der Waals surface area contributed by atoms with Crippen LogP contribution in [0, 0.1) is 0 Å². The van der Waals surface area contributed by atoms with Crippen molar-refractivity contribution in [3.05, 3.63) is 45.3 Å². The van der Waals surface area contributed by atoms with E-state index in [0.29, 0.717) is 16.6 Å². The first-order valence-electron chi connectivity index (χ1n) is 6.19. The smallest absolute Gasteiger partial charge is 0.271 e. The maximum atomic E-state index is 12.3. The molecular formula is C13H14Cl2N2O2S2. The lowest BCUT2D eigenvalue weighted by Crippen LogP contribution is -2.12. The van der Waals surface area contributed by atoms with E-state index in [0.717, 1.165) is 11.4 Å². The Hall–Kier alpha value is -0.790. The van der Waals surface area contributed by atoms with E-state index in [2.05, 4.69) is 10.0 Å². The molecule has 0 amide bonds. The van der Waals surface area contributed by atoms with E-state index >= 15 is 0 Å². The van der Waals surface area contributed by atoms with Crippen molar-refractivity contribution in [1.29, 1.82) is 0 Å². The molecule has 0 aliphatic rings. The number of anilines is 1. The molecule has 8 heteroatoms. The van der Waals surface area contributed by atoms with Gasteiger partial charge in [-0.05, 0) is 36.9 Å². The molecule has 2 aromatic rings. The molecule has 1 aromatic carbocycles. The lowest BCUT2D eigenvalue weighted by Gasteiger charge is -2.08. The Morgan fingerprint density at radius 3 is 2.67 bits per heavy atom. The first-order valence-corrected chi connectivity index (χ1v) is 9.25. The molecule has 0 aliphatic carbocycles. The van der Waals surface area contributed by atoms with Gasteiger partial charge in [0.15, 0.2) is 0 Å². The standard InChI is InChI=1S/C13H14Cl2N2O2S2/c1-2-16-8-10-4-6-13(20-10)21(18,19)17-12-7-9(14)3-5-11(12)15/h3-7,16-17H,2,8H2,1H3. The molecular weight excluding hydrogens is 351 g/mol. The van der Waals surface area contributed by atoms with Crippen molar-refractivity contribution >= 4 is 50.2 Å². The molecule has 2 rings (SSSR count). The van der Waals surface area contributed by atoms with Crippen molar-refractivity contribution in [2.75, 3.05) is 11.3 Å². The third kappa shape index (κ3) is 4.34. The van der Waals surface area contributed by atoms with E-state index in [-0.39, 0.29) is 9.90 Å². The van der Waals surface area contributed by atoms with Crippen LogP contribution in [0.15, 0.2) is 34.5 Å². The average molecular weight is 365 g/mol. The van der Waals surface area contributed by atoms with Crippen LogP contribution in [0.3, 0.4) is 0 Å². The van der Waals surface area contributed by atoms with Gasteiger partial charge in [0.2, 0.25) is 0 Å². The van der Waals surface area contributed by atoms with Crippen LogP contribution < -0.4 is 10.0 Å². The Labute approximate surface area is 138 Å². The molecule has 0 atom stereocenters. The second-order valence-corrected chi connectivity index (χ2v) is 8.15. The summed E-state index contributed by atoms with van der Waals surface area (Å²) in [6.07, 6.45) is 0. The molecule has 0 bridgehead atoms. The highest BCUT2D eigenvalue weighted by Gasteiger charge is 2.18. The Kier molecular flexibility index (Phi) is 5.51. The van der Waals surface area contributed by atoms with Crippen molar-refractivity contribution in [3.63, 3.8) is 0 Å². The lowest BCUT2D eigenvalue weighted by atomic mass is 10.3. The Morgan fingerprint density at radius 1 is 1.19 bits per heavy atom. The molecule has 0 saturated carbocycles. The van der Waals surface area contributed by atoms with Gasteiger partial charge in [0.05, 0.1) is 10.7 Å². The zero-order valence-corrected chi connectivity index (χ0v) is 14.3. The molecule has 2 N–H and O–H groups in total. The molecule has 0 unspecified atom stereocenters. The fraction of sp³-hybridized carbons (Fsp3) is 0.231. The van der Waals surface area contributed by atoms with E-state index in [9.17, 15) is 8.42 Å². The molecule has 114 valence electrons. The van der Waals surface area contributed by atoms with Crippen molar-refractivity contribution < 1.29 is 8.42 Å². The number of halogens is 2. The van der Waals surface area contributed by atoms with Crippen LogP contribution in [-0.2, 0) is 16.6 Å². The normalized spacial score (nSPS) is 11.6. The number of sulfonamides is 1. The van der Waals surface area contributed by atoms with Crippen LogP contribution in [0.25, 0.3) is 0 Å². The number of thiophene rings is 1. The maximum Gasteiger partial charge on any atom is 0.271 e. The van der Waals surface area contributed by atoms with Gasteiger partial charge in [0, 0.05) is 16.4 Å². The van der Waals surface area contributed by atoms with Crippen LogP contribution in [-0.4, -0.2) is 15.0 Å². The highest BCUT2D eigenvalue weighted by molar-refractivity contribution is 7.94. The van der Waals surface area contributed by atoms with Crippen LogP contribution in [0.2, 0.25) is 10.0 Å². The fourth-order valence-corrected chi connectivity index (χ4v) is 4.41. The molecule has 1 aromatic heterocycles. The molecule has 0 fully saturated rings. The Morgan fingerprint density at radius 2 is 1.95 bits per heavy atom. The first kappa shape index (κ1) is 16.6. The highest BCUT2D eigenvalue weighted by atomic mass is 35.5. The summed E-state index contributed by atoms with van der Waals surface area (Å²) >= 11 is 13.0. The molecule has 0 aliphatic heterocycles. The van der Waals surface area contributed by atoms with E-state index in [1.807, 2.05) is 6.92 Å². The van der Waals surface area contributed by atoms with Crippen LogP contribution in [0.1, 0.15) is 11.8 Å². The highest BCUT2D eigenvalue weighted by Crippen LogP contribution is 2.29. The summed E-state index contributed by atoms with van der Waals surface area (Å²) in [6, 6.07) is 8.00. The third-order valence-corrected chi connectivity index (χ3v) is 6.13. The predicted octanol–water partition coefficient (Wildman–Crippen LogP) is 3.97. The SMILES string of the molecule is CCNCc1ccc(S(=O)(=O)Nc2cc(Cl)ccc2Cl)s1. The van der Waals surface area contributed by atoms with Crippen molar-refractivity contribution in [2.45, 2.75) is 17.7 Å². The van der Waals surface area contributed by atoms with E-state index in [4.69, 9.17) is 23.2 Å². The fourth-order valence-electron chi connectivity index (χ4n) is 1.62. The topological polar surface area (TPSA) is 58.2 Å². The van der Waals surface area contributed by atoms with E-state index in [1.165, 1.54) is 17.4 Å². The number of hydrogen-bond acceptors (Lipinski definition) is 4. The van der Waals surface area contributed by atoms with Gasteiger partial charge in [-0.2, -0.15) is 0 Å². The van der Waals surface area contributed by atoms with E-state index in [1.54, 1.807) is 24.3 Å². The summed E-state index contributed by atoms with van der Waals surface area (Å²) in [6.45, 7) is 3.47. The largest absolute Gasteiger partial charge is 0.312 e. The molecule has 0 radical (unpaired) electrons. The van der Waals surface area contributed by atoms with Crippen LogP contribution in [0.4, 0.5) is 5.69 Å². The van der Waals surface area contributed by atoms with Gasteiger partial charge in [-0.25, -0.2) is 8.42 Å². The van der Waals surface area contributed by atoms with Gasteiger partial charge in [0.1, 0.15) is 4.21 Å². The van der Waals surface area contributed by atoms with Gasteiger partial charge < -0.3 is 5.32 Å². The molecule has 0 spiro atoms. The Bertz CT molecular complexity index is 730. The summed E-state index contributed by atoms with van der Waals surface area (Å²) in [5, 5.41) is 3.86. The van der Waals surface area contributed by atoms with Crippen LogP contribution in [0.5, 0.6) is 0 Å². The van der Waals surface area contributed by atoms with Crippen LogP contribution >= 0.6 is 34.5 Å². The molecule has 0 saturated heterocycles. The summed E-state index contributed by atoms with van der Waals surface area (Å²) in [5.41, 5.74) is 0.269. The molecule has 21 heavy (non-hydrogen) atoms. The monoisotopic (exact) mass is 364 g/mol. The van der Waals surface area contributed by atoms with Gasteiger partial charge >= 0.3 is 0 Å². The second-order valence-electron chi connectivity index (χ2n) is 4.23. The van der Waals surface area contributed by atoms with Gasteiger partial charge in [-0.15, -0.1) is 11.3 Å². The van der Waals surface area contributed by atoms with E-state index < -0.39 is 10.0 Å². The maximum absolute atomic E-state index is 12.3. The van der Waals surface area contributed by atoms with Crippen molar-refractivity contribution in [3.8, 4) is 0 Å². The first-order chi connectivity index (χ1) is 9.92. The van der Waals surface area contributed by atoms with Crippen molar-refractivity contribution in [2.24, 2.45) is 0 Å². The third-order valence-electron chi connectivity index (χ3n) is 2.62. The molecule has 1 heterocycles. The summed E-state index contributed by atoms with van der Waals surface area (Å²) in [7, 11) is -3.66. The Balaban J connectivity index is 2.22. The minimum Gasteiger partial charge on any atom is -0.312 e. The zero-order chi connectivity index (χ0) is 15.5. The lowest BCUT2D eigenvalue weighted by molar-refractivity contribution is 0.603. The zero-order valence-electron chi connectivity index (χ0n) is 11.2. The second kappa shape index (κ2) is 6.98. The van der Waals surface area contributed by atoms with Gasteiger partial charge in [0.25, 0.3) is 10.0 Å². The summed E-state index contributed by atoms with van der Waals surface area (Å²) < 4.78 is 27.4.